The van der Waals surface area contributed by atoms with Gasteiger partial charge < -0.3 is 9.84 Å². The molecule has 4 aromatic carbocycles. The number of aliphatic carboxylic acids is 1. The number of esters is 1. The summed E-state index contributed by atoms with van der Waals surface area (Å²) in [5.74, 6) is -3.03. The van der Waals surface area contributed by atoms with E-state index in [0.29, 0.717) is 5.75 Å². The van der Waals surface area contributed by atoms with Gasteiger partial charge in [0.05, 0.1) is 11.8 Å². The molecule has 0 bridgehead atoms. The summed E-state index contributed by atoms with van der Waals surface area (Å²) in [7, 11) is 0. The monoisotopic (exact) mass is 422 g/mol. The molecular weight excluding hydrogens is 400 g/mol. The number of ether oxygens (including phenoxy) is 1. The number of fused-ring (bicyclic) bond motifs is 1. The summed E-state index contributed by atoms with van der Waals surface area (Å²) in [6.07, 6.45) is 0. The van der Waals surface area contributed by atoms with Gasteiger partial charge in [0.15, 0.2) is 0 Å². The maximum Gasteiger partial charge on any atom is 0.315 e. The van der Waals surface area contributed by atoms with Gasteiger partial charge in [-0.05, 0) is 34.0 Å². The minimum absolute atomic E-state index is 0.402. The molecule has 4 heteroatoms. The normalized spacial score (nSPS) is 22.1. The van der Waals surface area contributed by atoms with Crippen molar-refractivity contribution in [2.24, 2.45) is 11.8 Å². The number of carboxylic acids is 1. The van der Waals surface area contributed by atoms with E-state index in [0.717, 1.165) is 21.9 Å². The van der Waals surface area contributed by atoms with Crippen LogP contribution in [0.4, 0.5) is 0 Å². The van der Waals surface area contributed by atoms with Gasteiger partial charge in [-0.1, -0.05) is 91.0 Å². The zero-order chi connectivity index (χ0) is 22.1. The molecule has 4 nitrogen and oxygen atoms in total. The molecule has 158 valence electrons. The second-order valence-corrected chi connectivity index (χ2v) is 8.19. The number of rotatable bonds is 5. The molecule has 0 amide bonds. The average molecular weight is 422 g/mol. The summed E-state index contributed by atoms with van der Waals surface area (Å²) in [4.78, 5) is 25.7. The van der Waals surface area contributed by atoms with Gasteiger partial charge in [0.2, 0.25) is 0 Å². The van der Waals surface area contributed by atoms with Crippen LogP contribution in [0.1, 0.15) is 23.0 Å². The van der Waals surface area contributed by atoms with Crippen molar-refractivity contribution in [2.75, 3.05) is 0 Å². The molecule has 4 atom stereocenters. The lowest BCUT2D eigenvalue weighted by Gasteiger charge is -2.48. The van der Waals surface area contributed by atoms with Crippen molar-refractivity contribution >= 4 is 22.7 Å². The molecule has 0 aliphatic heterocycles. The number of hydrogen-bond acceptors (Lipinski definition) is 3. The number of carbonyl (C=O) groups is 2. The van der Waals surface area contributed by atoms with Gasteiger partial charge in [0.25, 0.3) is 0 Å². The smallest absolute Gasteiger partial charge is 0.315 e. The van der Waals surface area contributed by atoms with Crippen LogP contribution in [0, 0.1) is 11.8 Å². The van der Waals surface area contributed by atoms with Crippen molar-refractivity contribution in [3.8, 4) is 5.75 Å². The molecule has 0 aromatic heterocycles. The predicted octanol–water partition coefficient (Wildman–Crippen LogP) is 5.64. The molecule has 1 aliphatic carbocycles. The quantitative estimate of drug-likeness (QED) is 0.334. The molecule has 4 aromatic rings. The Balaban J connectivity index is 1.52. The maximum absolute atomic E-state index is 13.5. The van der Waals surface area contributed by atoms with Crippen LogP contribution in [0.5, 0.6) is 5.75 Å². The van der Waals surface area contributed by atoms with Crippen LogP contribution in [0.25, 0.3) is 10.8 Å². The Kier molecular flexibility index (Phi) is 5.20. The van der Waals surface area contributed by atoms with E-state index in [-0.39, 0.29) is 0 Å². The summed E-state index contributed by atoms with van der Waals surface area (Å²) < 4.78 is 5.83. The lowest BCUT2D eigenvalue weighted by molar-refractivity contribution is -0.158. The van der Waals surface area contributed by atoms with Crippen molar-refractivity contribution in [2.45, 2.75) is 11.8 Å². The maximum atomic E-state index is 13.5. The zero-order valence-electron chi connectivity index (χ0n) is 17.3. The molecule has 0 radical (unpaired) electrons. The van der Waals surface area contributed by atoms with E-state index in [9.17, 15) is 14.7 Å². The summed E-state index contributed by atoms with van der Waals surface area (Å²) in [5, 5.41) is 12.1. The van der Waals surface area contributed by atoms with E-state index in [4.69, 9.17) is 4.74 Å². The molecule has 1 unspecified atom stereocenters. The fourth-order valence-corrected chi connectivity index (χ4v) is 4.94. The molecule has 1 N–H and O–H groups in total. The van der Waals surface area contributed by atoms with Crippen LogP contribution in [-0.2, 0) is 9.59 Å². The Morgan fingerprint density at radius 3 is 1.72 bits per heavy atom. The summed E-state index contributed by atoms with van der Waals surface area (Å²) in [6, 6.07) is 32.2. The molecule has 5 rings (SSSR count). The number of hydrogen-bond donors (Lipinski definition) is 1. The first-order valence-electron chi connectivity index (χ1n) is 10.7. The third-order valence-electron chi connectivity index (χ3n) is 6.41. The lowest BCUT2D eigenvalue weighted by atomic mass is 9.52. The van der Waals surface area contributed by atoms with Crippen LogP contribution in [0.15, 0.2) is 103 Å². The predicted molar refractivity (Wildman–Crippen MR) is 123 cm³/mol. The summed E-state index contributed by atoms with van der Waals surface area (Å²) in [6.45, 7) is 0. The molecule has 1 aliphatic rings. The Labute approximate surface area is 186 Å². The second-order valence-electron chi connectivity index (χ2n) is 8.19. The molecule has 32 heavy (non-hydrogen) atoms. The third kappa shape index (κ3) is 3.54. The first-order chi connectivity index (χ1) is 15.6. The van der Waals surface area contributed by atoms with Gasteiger partial charge in [-0.25, -0.2) is 0 Å². The first-order valence-corrected chi connectivity index (χ1v) is 10.7. The van der Waals surface area contributed by atoms with Crippen molar-refractivity contribution < 1.29 is 19.4 Å². The molecule has 0 saturated heterocycles. The SMILES string of the molecule is O=C(O)[C@@H]1C(c2ccccc2)[C@@H](C(=O)Oc2ccc3ccccc3c2)[C@H]1c1ccccc1. The standard InChI is InChI=1S/C28H22O4/c29-27(30)25-23(19-10-3-1-4-11-19)26(24(25)20-12-5-2-6-13-20)28(31)32-22-16-15-18-9-7-8-14-21(18)17-22/h1-17,23-26H,(H,29,30)/t23-,24?,25-,26-/m0/s1. The van der Waals surface area contributed by atoms with E-state index in [1.165, 1.54) is 0 Å². The Bertz CT molecular complexity index is 1220. The molecule has 1 saturated carbocycles. The van der Waals surface area contributed by atoms with Crippen LogP contribution in [0.3, 0.4) is 0 Å². The van der Waals surface area contributed by atoms with E-state index < -0.39 is 35.6 Å². The highest BCUT2D eigenvalue weighted by Crippen LogP contribution is 2.58. The topological polar surface area (TPSA) is 63.6 Å². The highest BCUT2D eigenvalue weighted by Gasteiger charge is 2.59. The third-order valence-corrected chi connectivity index (χ3v) is 6.41. The minimum atomic E-state index is -0.900. The van der Waals surface area contributed by atoms with Crippen molar-refractivity contribution in [3.05, 3.63) is 114 Å². The van der Waals surface area contributed by atoms with E-state index >= 15 is 0 Å². The van der Waals surface area contributed by atoms with Gasteiger partial charge in [-0.2, -0.15) is 0 Å². The molecular formula is C28H22O4. The number of carboxylic acid groups (broad SMARTS) is 1. The Morgan fingerprint density at radius 1 is 0.625 bits per heavy atom. The molecule has 0 heterocycles. The molecule has 1 fully saturated rings. The van der Waals surface area contributed by atoms with Gasteiger partial charge in [-0.3, -0.25) is 9.59 Å². The van der Waals surface area contributed by atoms with E-state index in [1.807, 2.05) is 97.1 Å². The Hall–Kier alpha value is -3.92. The van der Waals surface area contributed by atoms with E-state index in [2.05, 4.69) is 0 Å². The molecule has 0 spiro atoms. The summed E-state index contributed by atoms with van der Waals surface area (Å²) in [5.41, 5.74) is 1.68. The van der Waals surface area contributed by atoms with E-state index in [1.54, 1.807) is 6.07 Å². The van der Waals surface area contributed by atoms with Gasteiger partial charge in [-0.15, -0.1) is 0 Å². The Morgan fingerprint density at radius 2 is 1.16 bits per heavy atom. The van der Waals surface area contributed by atoms with Gasteiger partial charge >= 0.3 is 11.9 Å². The second kappa shape index (κ2) is 8.31. The minimum Gasteiger partial charge on any atom is -0.481 e. The van der Waals surface area contributed by atoms with Crippen molar-refractivity contribution in [1.29, 1.82) is 0 Å². The lowest BCUT2D eigenvalue weighted by Crippen LogP contribution is -2.52. The van der Waals surface area contributed by atoms with Crippen LogP contribution < -0.4 is 4.74 Å². The first kappa shape index (κ1) is 20.0. The van der Waals surface area contributed by atoms with Crippen LogP contribution in [-0.4, -0.2) is 17.0 Å². The number of benzene rings is 4. The van der Waals surface area contributed by atoms with Crippen LogP contribution in [0.2, 0.25) is 0 Å². The average Bonchev–Trinajstić information content (AvgIpc) is 2.79. The zero-order valence-corrected chi connectivity index (χ0v) is 17.3. The van der Waals surface area contributed by atoms with Crippen LogP contribution >= 0.6 is 0 Å². The fraction of sp³-hybridized carbons (Fsp3) is 0.143. The highest BCUT2D eigenvalue weighted by atomic mass is 16.5. The largest absolute Gasteiger partial charge is 0.481 e. The van der Waals surface area contributed by atoms with Crippen molar-refractivity contribution in [3.63, 3.8) is 0 Å². The van der Waals surface area contributed by atoms with Gasteiger partial charge in [0, 0.05) is 11.8 Å². The highest BCUT2D eigenvalue weighted by molar-refractivity contribution is 5.87. The van der Waals surface area contributed by atoms with Crippen molar-refractivity contribution in [1.82, 2.24) is 0 Å². The fourth-order valence-electron chi connectivity index (χ4n) is 4.94. The van der Waals surface area contributed by atoms with Gasteiger partial charge in [0.1, 0.15) is 5.75 Å². The number of carbonyl (C=O) groups excluding carboxylic acids is 1. The summed E-state index contributed by atoms with van der Waals surface area (Å²) >= 11 is 0.